The third-order valence-corrected chi connectivity index (χ3v) is 3.68. The second-order valence-electron chi connectivity index (χ2n) is 3.89. The van der Waals surface area contributed by atoms with E-state index in [0.29, 0.717) is 28.9 Å². The van der Waals surface area contributed by atoms with Gasteiger partial charge in [-0.05, 0) is 18.1 Å². The summed E-state index contributed by atoms with van der Waals surface area (Å²) in [5.74, 6) is -1.63. The summed E-state index contributed by atoms with van der Waals surface area (Å²) in [6.07, 6.45) is -1.26. The molecule has 20 heavy (non-hydrogen) atoms. The smallest absolute Gasteiger partial charge is 0.435 e. The van der Waals surface area contributed by atoms with Crippen molar-refractivity contribution < 1.29 is 23.1 Å². The van der Waals surface area contributed by atoms with Crippen LogP contribution >= 0.6 is 11.3 Å². The van der Waals surface area contributed by atoms with Crippen LogP contribution in [-0.4, -0.2) is 21.0 Å². The Morgan fingerprint density at radius 2 is 2.15 bits per heavy atom. The molecule has 4 nitrogen and oxygen atoms in total. The molecule has 0 fully saturated rings. The largest absolute Gasteiger partial charge is 0.477 e. The highest BCUT2D eigenvalue weighted by Crippen LogP contribution is 2.38. The average molecular weight is 302 g/mol. The van der Waals surface area contributed by atoms with Crippen LogP contribution in [-0.2, 0) is 12.6 Å². The van der Waals surface area contributed by atoms with E-state index in [9.17, 15) is 18.0 Å². The Labute approximate surface area is 115 Å². The number of aromatic carboxylic acids is 1. The first-order valence-electron chi connectivity index (χ1n) is 5.59. The molecule has 8 heteroatoms. The molecule has 2 rings (SSSR count). The van der Waals surface area contributed by atoms with Crippen molar-refractivity contribution in [2.75, 3.05) is 0 Å². The number of nitrogens with zero attached hydrogens (tertiary/aromatic N) is 2. The molecule has 1 N–H and O–H groups in total. The van der Waals surface area contributed by atoms with E-state index < -0.39 is 22.7 Å². The van der Waals surface area contributed by atoms with Gasteiger partial charge in [-0.15, -0.1) is 11.3 Å². The number of alkyl halides is 3. The van der Waals surface area contributed by atoms with Gasteiger partial charge < -0.3 is 5.11 Å². The molecule has 0 aliphatic rings. The van der Waals surface area contributed by atoms with Crippen LogP contribution in [0, 0.1) is 0 Å². The van der Waals surface area contributed by atoms with Crippen molar-refractivity contribution in [1.29, 1.82) is 0 Å². The highest BCUT2D eigenvalue weighted by atomic mass is 32.1. The molecule has 0 saturated heterocycles. The van der Waals surface area contributed by atoms with Crippen LogP contribution < -0.4 is 0 Å². The van der Waals surface area contributed by atoms with Gasteiger partial charge in [0.25, 0.3) is 0 Å². The minimum absolute atomic E-state index is 0.0361. The van der Waals surface area contributed by atoms with Crippen molar-refractivity contribution in [2.45, 2.75) is 19.5 Å². The molecule has 0 unspecified atom stereocenters. The fourth-order valence-corrected chi connectivity index (χ4v) is 2.67. The lowest BCUT2D eigenvalue weighted by molar-refractivity contribution is -0.141. The molecule has 2 aromatic heterocycles. The SMILES string of the molecule is CCc1cnccc1-c1nc(C(F)(F)F)c(C(=O)O)s1. The predicted octanol–water partition coefficient (Wildman–Crippen LogP) is 3.48. The van der Waals surface area contributed by atoms with Crippen molar-refractivity contribution in [1.82, 2.24) is 9.97 Å². The van der Waals surface area contributed by atoms with Crippen LogP contribution in [0.2, 0.25) is 0 Å². The lowest BCUT2D eigenvalue weighted by Crippen LogP contribution is -2.11. The number of hydrogen-bond acceptors (Lipinski definition) is 4. The molecule has 0 radical (unpaired) electrons. The maximum absolute atomic E-state index is 12.8. The van der Waals surface area contributed by atoms with Crippen molar-refractivity contribution in [3.8, 4) is 10.6 Å². The molecule has 0 atom stereocenters. The summed E-state index contributed by atoms with van der Waals surface area (Å²) in [5.41, 5.74) is -0.165. The lowest BCUT2D eigenvalue weighted by Gasteiger charge is -2.04. The molecule has 106 valence electrons. The van der Waals surface area contributed by atoms with Crippen molar-refractivity contribution in [3.63, 3.8) is 0 Å². The van der Waals surface area contributed by atoms with Crippen LogP contribution in [0.25, 0.3) is 10.6 Å². The van der Waals surface area contributed by atoms with Crippen molar-refractivity contribution >= 4 is 17.3 Å². The number of carboxylic acids is 1. The zero-order chi connectivity index (χ0) is 14.9. The highest BCUT2D eigenvalue weighted by molar-refractivity contribution is 7.17. The third-order valence-electron chi connectivity index (χ3n) is 2.60. The second-order valence-corrected chi connectivity index (χ2v) is 4.89. The van der Waals surface area contributed by atoms with Gasteiger partial charge in [-0.2, -0.15) is 13.2 Å². The van der Waals surface area contributed by atoms with Gasteiger partial charge in [0, 0.05) is 18.0 Å². The summed E-state index contributed by atoms with van der Waals surface area (Å²) in [6.45, 7) is 1.83. The van der Waals surface area contributed by atoms with E-state index in [1.54, 1.807) is 0 Å². The summed E-state index contributed by atoms with van der Waals surface area (Å²) in [4.78, 5) is 17.5. The number of hydrogen-bond donors (Lipinski definition) is 1. The Balaban J connectivity index is 2.62. The van der Waals surface area contributed by atoms with Gasteiger partial charge in [-0.25, -0.2) is 9.78 Å². The Hall–Kier alpha value is -1.96. The average Bonchev–Trinajstić information content (AvgIpc) is 2.83. The zero-order valence-corrected chi connectivity index (χ0v) is 11.0. The number of carboxylic acid groups (broad SMARTS) is 1. The monoisotopic (exact) mass is 302 g/mol. The summed E-state index contributed by atoms with van der Waals surface area (Å²) < 4.78 is 38.4. The quantitative estimate of drug-likeness (QED) is 0.942. The third kappa shape index (κ3) is 2.64. The molecule has 0 aliphatic heterocycles. The predicted molar refractivity (Wildman–Crippen MR) is 66.7 cm³/mol. The summed E-state index contributed by atoms with van der Waals surface area (Å²) >= 11 is 0.519. The summed E-state index contributed by atoms with van der Waals surface area (Å²) in [7, 11) is 0. The number of carbonyl (C=O) groups is 1. The minimum Gasteiger partial charge on any atom is -0.477 e. The standard InChI is InChI=1S/C12H9F3N2O2S/c1-2-6-5-16-4-3-7(6)10-17-9(12(13,14)15)8(20-10)11(18)19/h3-5H,2H2,1H3,(H,18,19). The Morgan fingerprint density at radius 3 is 2.65 bits per heavy atom. The molecule has 0 bridgehead atoms. The van der Waals surface area contributed by atoms with Gasteiger partial charge in [0.15, 0.2) is 5.69 Å². The highest BCUT2D eigenvalue weighted by Gasteiger charge is 2.39. The normalized spacial score (nSPS) is 11.6. The molecule has 0 spiro atoms. The minimum atomic E-state index is -4.79. The number of rotatable bonds is 3. The number of thiazole rings is 1. The van der Waals surface area contributed by atoms with Crippen LogP contribution in [0.5, 0.6) is 0 Å². The molecule has 0 amide bonds. The first kappa shape index (κ1) is 14.4. The second kappa shape index (κ2) is 5.20. The number of aryl methyl sites for hydroxylation is 1. The van der Waals surface area contributed by atoms with Gasteiger partial charge in [0.2, 0.25) is 0 Å². The van der Waals surface area contributed by atoms with E-state index in [-0.39, 0.29) is 5.01 Å². The lowest BCUT2D eigenvalue weighted by atomic mass is 10.1. The number of pyridine rings is 1. The maximum Gasteiger partial charge on any atom is 0.435 e. The number of halogens is 3. The van der Waals surface area contributed by atoms with Gasteiger partial charge in [0.1, 0.15) is 9.88 Å². The van der Waals surface area contributed by atoms with Gasteiger partial charge in [-0.3, -0.25) is 4.98 Å². The molecule has 0 aliphatic carbocycles. The van der Waals surface area contributed by atoms with E-state index in [4.69, 9.17) is 5.11 Å². The van der Waals surface area contributed by atoms with Crippen molar-refractivity contribution in [2.24, 2.45) is 0 Å². The maximum atomic E-state index is 12.8. The van der Waals surface area contributed by atoms with Gasteiger partial charge >= 0.3 is 12.1 Å². The molecule has 2 aromatic rings. The first-order valence-corrected chi connectivity index (χ1v) is 6.40. The molecule has 0 saturated carbocycles. The van der Waals surface area contributed by atoms with E-state index >= 15 is 0 Å². The molecular weight excluding hydrogens is 293 g/mol. The molecule has 2 heterocycles. The summed E-state index contributed by atoms with van der Waals surface area (Å²) in [6, 6.07) is 1.53. The van der Waals surface area contributed by atoms with Gasteiger partial charge in [0.05, 0.1) is 0 Å². The fourth-order valence-electron chi connectivity index (χ4n) is 1.69. The molecule has 0 aromatic carbocycles. The number of aromatic nitrogens is 2. The van der Waals surface area contributed by atoms with Crippen LogP contribution in [0.3, 0.4) is 0 Å². The van der Waals surface area contributed by atoms with Crippen LogP contribution in [0.1, 0.15) is 27.9 Å². The van der Waals surface area contributed by atoms with Gasteiger partial charge in [-0.1, -0.05) is 6.92 Å². The summed E-state index contributed by atoms with van der Waals surface area (Å²) in [5, 5.41) is 8.91. The van der Waals surface area contributed by atoms with E-state index in [2.05, 4.69) is 9.97 Å². The van der Waals surface area contributed by atoms with Crippen molar-refractivity contribution in [3.05, 3.63) is 34.6 Å². The first-order chi connectivity index (χ1) is 9.34. The van der Waals surface area contributed by atoms with E-state index in [0.717, 1.165) is 0 Å². The Kier molecular flexibility index (Phi) is 3.76. The van der Waals surface area contributed by atoms with Crippen LogP contribution in [0.15, 0.2) is 18.5 Å². The molecular formula is C12H9F3N2O2S. The Morgan fingerprint density at radius 1 is 1.45 bits per heavy atom. The van der Waals surface area contributed by atoms with E-state index in [1.807, 2.05) is 6.92 Å². The Bertz CT molecular complexity index is 652. The zero-order valence-electron chi connectivity index (χ0n) is 10.2. The topological polar surface area (TPSA) is 63.1 Å². The van der Waals surface area contributed by atoms with E-state index in [1.165, 1.54) is 18.5 Å². The van der Waals surface area contributed by atoms with Crippen LogP contribution in [0.4, 0.5) is 13.2 Å². The fraction of sp³-hybridized carbons (Fsp3) is 0.250.